The minimum Gasteiger partial charge on any atom is -0.497 e. The first kappa shape index (κ1) is 28.3. The molecular formula is C34H34N6O2. The van der Waals surface area contributed by atoms with Gasteiger partial charge in [-0.1, -0.05) is 35.4 Å². The first-order valence-corrected chi connectivity index (χ1v) is 13.6. The predicted molar refractivity (Wildman–Crippen MR) is 171 cm³/mol. The van der Waals surface area contributed by atoms with Gasteiger partial charge in [-0.15, -0.1) is 10.2 Å². The molecule has 0 amide bonds. The Kier molecular flexibility index (Phi) is 8.43. The average molecular weight is 559 g/mol. The van der Waals surface area contributed by atoms with Gasteiger partial charge in [0.1, 0.15) is 11.5 Å². The third-order valence-corrected chi connectivity index (χ3v) is 7.15. The summed E-state index contributed by atoms with van der Waals surface area (Å²) in [7, 11) is 7.31. The van der Waals surface area contributed by atoms with E-state index in [-0.39, 0.29) is 0 Å². The molecule has 8 nitrogen and oxygen atoms in total. The lowest BCUT2D eigenvalue weighted by molar-refractivity contribution is 0.414. The number of anilines is 4. The maximum absolute atomic E-state index is 5.19. The molecule has 8 heteroatoms. The maximum Gasteiger partial charge on any atom is 0.163 e. The standard InChI is InChI=1S/2C17H17N3O/c1-12-4-9-16-13(10-12)11-18-19-17(16)20(2)14-5-7-15(21-3)8-6-14;1-12-4-5-13-11-18-19-17(16(13)10-12)20(2)14-6-8-15(21-3)9-7-14/h2*4-11H,1-3H3. The lowest BCUT2D eigenvalue weighted by Crippen LogP contribution is -2.12. The fourth-order valence-corrected chi connectivity index (χ4v) is 4.72. The molecule has 0 aliphatic rings. The van der Waals surface area contributed by atoms with Gasteiger partial charge < -0.3 is 19.3 Å². The number of fused-ring (bicyclic) bond motifs is 2. The molecule has 0 fully saturated rings. The van der Waals surface area contributed by atoms with E-state index in [0.717, 1.165) is 56.1 Å². The molecule has 0 saturated heterocycles. The molecule has 6 aromatic rings. The molecule has 0 spiro atoms. The smallest absolute Gasteiger partial charge is 0.163 e. The Morgan fingerprint density at radius 3 is 1.55 bits per heavy atom. The molecule has 42 heavy (non-hydrogen) atoms. The van der Waals surface area contributed by atoms with Crippen LogP contribution in [0.1, 0.15) is 11.1 Å². The Morgan fingerprint density at radius 1 is 0.524 bits per heavy atom. The molecule has 2 aromatic heterocycles. The van der Waals surface area contributed by atoms with E-state index in [2.05, 4.69) is 70.6 Å². The van der Waals surface area contributed by atoms with Crippen molar-refractivity contribution in [1.29, 1.82) is 0 Å². The van der Waals surface area contributed by atoms with Crippen molar-refractivity contribution in [3.63, 3.8) is 0 Å². The predicted octanol–water partition coefficient (Wildman–Crippen LogP) is 7.43. The van der Waals surface area contributed by atoms with Crippen LogP contribution in [0.3, 0.4) is 0 Å². The number of hydrogen-bond donors (Lipinski definition) is 0. The molecule has 0 atom stereocenters. The molecule has 0 aliphatic heterocycles. The van der Waals surface area contributed by atoms with Crippen LogP contribution in [0.4, 0.5) is 23.0 Å². The third-order valence-electron chi connectivity index (χ3n) is 7.15. The van der Waals surface area contributed by atoms with Crippen LogP contribution in [0.2, 0.25) is 0 Å². The molecule has 212 valence electrons. The van der Waals surface area contributed by atoms with Gasteiger partial charge in [-0.2, -0.15) is 10.2 Å². The van der Waals surface area contributed by atoms with Gasteiger partial charge in [0.15, 0.2) is 11.6 Å². The molecule has 2 heterocycles. The Morgan fingerprint density at radius 2 is 1.00 bits per heavy atom. The SMILES string of the molecule is COc1ccc(N(C)c2nncc3cc(C)ccc23)cc1.COc1ccc(N(C)c2nncc3ccc(C)cc23)cc1. The fourth-order valence-electron chi connectivity index (χ4n) is 4.72. The number of methoxy groups -OCH3 is 2. The minimum absolute atomic E-state index is 0.840. The molecule has 0 aliphatic carbocycles. The highest BCUT2D eigenvalue weighted by Gasteiger charge is 2.12. The van der Waals surface area contributed by atoms with Crippen molar-refractivity contribution in [2.45, 2.75) is 13.8 Å². The number of aryl methyl sites for hydroxylation is 2. The van der Waals surface area contributed by atoms with Crippen LogP contribution in [0.25, 0.3) is 21.5 Å². The van der Waals surface area contributed by atoms with Crippen LogP contribution < -0.4 is 19.3 Å². The number of rotatable bonds is 6. The first-order chi connectivity index (χ1) is 20.4. The normalized spacial score (nSPS) is 10.6. The Bertz CT molecular complexity index is 1810. The number of aromatic nitrogens is 4. The van der Waals surface area contributed by atoms with Gasteiger partial charge in [0, 0.05) is 47.0 Å². The zero-order valence-corrected chi connectivity index (χ0v) is 24.7. The summed E-state index contributed by atoms with van der Waals surface area (Å²) in [6.45, 7) is 4.16. The largest absolute Gasteiger partial charge is 0.497 e. The van der Waals surface area contributed by atoms with Crippen molar-refractivity contribution in [3.8, 4) is 11.5 Å². The second-order valence-electron chi connectivity index (χ2n) is 10.0. The summed E-state index contributed by atoms with van der Waals surface area (Å²) in [4.78, 5) is 4.07. The number of benzene rings is 4. The molecule has 4 aromatic carbocycles. The Balaban J connectivity index is 0.000000168. The Hall–Kier alpha value is -5.24. The van der Waals surface area contributed by atoms with E-state index in [1.165, 1.54) is 11.1 Å². The van der Waals surface area contributed by atoms with E-state index < -0.39 is 0 Å². The van der Waals surface area contributed by atoms with Gasteiger partial charge >= 0.3 is 0 Å². The van der Waals surface area contributed by atoms with Gasteiger partial charge in [-0.05, 0) is 74.5 Å². The summed E-state index contributed by atoms with van der Waals surface area (Å²) in [5, 5.41) is 21.2. The monoisotopic (exact) mass is 558 g/mol. The zero-order chi connectivity index (χ0) is 29.6. The van der Waals surface area contributed by atoms with Crippen molar-refractivity contribution in [2.75, 3.05) is 38.1 Å². The summed E-state index contributed by atoms with van der Waals surface area (Å²) in [6, 6.07) is 28.4. The molecule has 0 saturated carbocycles. The lowest BCUT2D eigenvalue weighted by atomic mass is 10.1. The van der Waals surface area contributed by atoms with Crippen LogP contribution >= 0.6 is 0 Å². The van der Waals surface area contributed by atoms with Gasteiger partial charge in [0.05, 0.1) is 26.6 Å². The molecule has 0 bridgehead atoms. The minimum atomic E-state index is 0.840. The van der Waals surface area contributed by atoms with Crippen molar-refractivity contribution >= 4 is 44.6 Å². The lowest BCUT2D eigenvalue weighted by Gasteiger charge is -2.19. The molecule has 0 radical (unpaired) electrons. The number of hydrogen-bond acceptors (Lipinski definition) is 8. The van der Waals surface area contributed by atoms with Crippen LogP contribution in [-0.2, 0) is 0 Å². The Labute approximate surface area is 246 Å². The maximum atomic E-state index is 5.19. The van der Waals surface area contributed by atoms with E-state index in [1.807, 2.05) is 72.4 Å². The van der Waals surface area contributed by atoms with Crippen LogP contribution in [-0.4, -0.2) is 48.7 Å². The highest BCUT2D eigenvalue weighted by atomic mass is 16.5. The number of ether oxygens (including phenoxy) is 2. The van der Waals surface area contributed by atoms with Gasteiger partial charge in [0.25, 0.3) is 0 Å². The highest BCUT2D eigenvalue weighted by Crippen LogP contribution is 2.31. The summed E-state index contributed by atoms with van der Waals surface area (Å²) >= 11 is 0. The second kappa shape index (κ2) is 12.5. The van der Waals surface area contributed by atoms with Crippen LogP contribution in [0, 0.1) is 13.8 Å². The van der Waals surface area contributed by atoms with Crippen molar-refractivity contribution in [1.82, 2.24) is 20.4 Å². The number of nitrogens with zero attached hydrogens (tertiary/aromatic N) is 6. The van der Waals surface area contributed by atoms with Crippen LogP contribution in [0.15, 0.2) is 97.3 Å². The topological polar surface area (TPSA) is 76.5 Å². The quantitative estimate of drug-likeness (QED) is 0.209. The van der Waals surface area contributed by atoms with E-state index in [1.54, 1.807) is 26.6 Å². The van der Waals surface area contributed by atoms with E-state index in [9.17, 15) is 0 Å². The molecule has 0 unspecified atom stereocenters. The third kappa shape index (κ3) is 6.07. The van der Waals surface area contributed by atoms with Gasteiger partial charge in [0.2, 0.25) is 0 Å². The summed E-state index contributed by atoms with van der Waals surface area (Å²) in [6.07, 6.45) is 3.59. The zero-order valence-electron chi connectivity index (χ0n) is 24.7. The molecule has 0 N–H and O–H groups in total. The van der Waals surface area contributed by atoms with Crippen LogP contribution in [0.5, 0.6) is 11.5 Å². The second-order valence-corrected chi connectivity index (χ2v) is 10.0. The highest BCUT2D eigenvalue weighted by molar-refractivity contribution is 5.94. The first-order valence-electron chi connectivity index (χ1n) is 13.6. The average Bonchev–Trinajstić information content (AvgIpc) is 3.03. The summed E-state index contributed by atoms with van der Waals surface area (Å²) in [5.74, 6) is 3.37. The van der Waals surface area contributed by atoms with Crippen molar-refractivity contribution < 1.29 is 9.47 Å². The van der Waals surface area contributed by atoms with E-state index >= 15 is 0 Å². The summed E-state index contributed by atoms with van der Waals surface area (Å²) in [5.41, 5.74) is 4.51. The van der Waals surface area contributed by atoms with Gasteiger partial charge in [-0.3, -0.25) is 0 Å². The summed E-state index contributed by atoms with van der Waals surface area (Å²) < 4.78 is 10.4. The van der Waals surface area contributed by atoms with Gasteiger partial charge in [-0.25, -0.2) is 0 Å². The van der Waals surface area contributed by atoms with Crippen molar-refractivity contribution in [2.24, 2.45) is 0 Å². The van der Waals surface area contributed by atoms with E-state index in [0.29, 0.717) is 0 Å². The van der Waals surface area contributed by atoms with Crippen molar-refractivity contribution in [3.05, 3.63) is 108 Å². The van der Waals surface area contributed by atoms with E-state index in [4.69, 9.17) is 9.47 Å². The molecule has 6 rings (SSSR count). The molecular weight excluding hydrogens is 524 g/mol. The fraction of sp³-hybridized carbons (Fsp3) is 0.176.